The summed E-state index contributed by atoms with van der Waals surface area (Å²) in [4.78, 5) is 11.6. The SMILES string of the molecule is CNC(=O)c1ccc(N)c(NC2(C)CCOCC2)c1. The Balaban J connectivity index is 2.21. The maximum atomic E-state index is 11.6. The molecule has 19 heavy (non-hydrogen) atoms. The van der Waals surface area contributed by atoms with Crippen LogP contribution in [-0.2, 0) is 4.74 Å². The van der Waals surface area contributed by atoms with Crippen LogP contribution in [0, 0.1) is 0 Å². The second-order valence-electron chi connectivity index (χ2n) is 5.18. The third kappa shape index (κ3) is 3.17. The van der Waals surface area contributed by atoms with Gasteiger partial charge in [0, 0.05) is 31.4 Å². The van der Waals surface area contributed by atoms with Crippen molar-refractivity contribution in [3.8, 4) is 0 Å². The van der Waals surface area contributed by atoms with E-state index in [9.17, 15) is 4.79 Å². The number of nitrogen functional groups attached to an aromatic ring is 1. The minimum absolute atomic E-state index is 0.0340. The van der Waals surface area contributed by atoms with Gasteiger partial charge in [0.05, 0.1) is 11.4 Å². The monoisotopic (exact) mass is 263 g/mol. The van der Waals surface area contributed by atoms with Crippen LogP contribution in [0.25, 0.3) is 0 Å². The zero-order valence-corrected chi connectivity index (χ0v) is 11.5. The van der Waals surface area contributed by atoms with Crippen LogP contribution in [0.5, 0.6) is 0 Å². The van der Waals surface area contributed by atoms with Crippen molar-refractivity contribution in [2.75, 3.05) is 31.3 Å². The fraction of sp³-hybridized carbons (Fsp3) is 0.500. The van der Waals surface area contributed by atoms with Gasteiger partial charge in [-0.25, -0.2) is 0 Å². The van der Waals surface area contributed by atoms with Gasteiger partial charge in [-0.15, -0.1) is 0 Å². The predicted octanol–water partition coefficient (Wildman–Crippen LogP) is 1.61. The van der Waals surface area contributed by atoms with Crippen LogP contribution in [0.3, 0.4) is 0 Å². The van der Waals surface area contributed by atoms with Gasteiger partial charge in [-0.2, -0.15) is 0 Å². The van der Waals surface area contributed by atoms with Gasteiger partial charge in [-0.3, -0.25) is 4.79 Å². The Labute approximate surface area is 113 Å². The van der Waals surface area contributed by atoms with E-state index in [1.54, 1.807) is 25.2 Å². The van der Waals surface area contributed by atoms with Crippen molar-refractivity contribution >= 4 is 17.3 Å². The molecule has 104 valence electrons. The third-order valence-electron chi connectivity index (χ3n) is 3.58. The summed E-state index contributed by atoms with van der Waals surface area (Å²) in [6.07, 6.45) is 1.85. The molecule has 4 N–H and O–H groups in total. The van der Waals surface area contributed by atoms with E-state index >= 15 is 0 Å². The number of benzene rings is 1. The molecule has 1 aromatic rings. The van der Waals surface area contributed by atoms with Crippen LogP contribution < -0.4 is 16.4 Å². The summed E-state index contributed by atoms with van der Waals surface area (Å²) in [7, 11) is 1.62. The summed E-state index contributed by atoms with van der Waals surface area (Å²) in [6, 6.07) is 5.29. The molecule has 1 aliphatic heterocycles. The second-order valence-corrected chi connectivity index (χ2v) is 5.18. The molecule has 1 fully saturated rings. The number of nitrogens with two attached hydrogens (primary N) is 1. The zero-order valence-electron chi connectivity index (χ0n) is 11.5. The number of hydrogen-bond acceptors (Lipinski definition) is 4. The minimum Gasteiger partial charge on any atom is -0.397 e. The van der Waals surface area contributed by atoms with Gasteiger partial charge in [0.1, 0.15) is 0 Å². The van der Waals surface area contributed by atoms with Crippen molar-refractivity contribution < 1.29 is 9.53 Å². The summed E-state index contributed by atoms with van der Waals surface area (Å²) in [5.74, 6) is -0.111. The molecule has 5 nitrogen and oxygen atoms in total. The largest absolute Gasteiger partial charge is 0.397 e. The van der Waals surface area contributed by atoms with Crippen molar-refractivity contribution in [2.24, 2.45) is 0 Å². The number of anilines is 2. The van der Waals surface area contributed by atoms with Crippen LogP contribution >= 0.6 is 0 Å². The van der Waals surface area contributed by atoms with Crippen LogP contribution in [0.4, 0.5) is 11.4 Å². The van der Waals surface area contributed by atoms with Crippen LogP contribution in [-0.4, -0.2) is 31.7 Å². The van der Waals surface area contributed by atoms with E-state index in [4.69, 9.17) is 10.5 Å². The smallest absolute Gasteiger partial charge is 0.251 e. The van der Waals surface area contributed by atoms with Crippen molar-refractivity contribution in [2.45, 2.75) is 25.3 Å². The number of nitrogens with one attached hydrogen (secondary N) is 2. The maximum absolute atomic E-state index is 11.6. The highest BCUT2D eigenvalue weighted by atomic mass is 16.5. The highest BCUT2D eigenvalue weighted by molar-refractivity contribution is 5.96. The Morgan fingerprint density at radius 3 is 2.68 bits per heavy atom. The van der Waals surface area contributed by atoms with E-state index in [-0.39, 0.29) is 11.4 Å². The van der Waals surface area contributed by atoms with E-state index in [1.807, 2.05) is 0 Å². The highest BCUT2D eigenvalue weighted by Gasteiger charge is 2.27. The van der Waals surface area contributed by atoms with Gasteiger partial charge in [0.2, 0.25) is 0 Å². The fourth-order valence-corrected chi connectivity index (χ4v) is 2.22. The Bertz CT molecular complexity index is 468. The van der Waals surface area contributed by atoms with Crippen LogP contribution in [0.1, 0.15) is 30.1 Å². The molecular formula is C14H21N3O2. The lowest BCUT2D eigenvalue weighted by molar-refractivity contribution is 0.0658. The standard InChI is InChI=1S/C14H21N3O2/c1-14(5-7-19-8-6-14)17-12-9-10(13(18)16-2)3-4-11(12)15/h3-4,9,17H,5-8,15H2,1-2H3,(H,16,18). The van der Waals surface area contributed by atoms with Crippen molar-refractivity contribution in [3.63, 3.8) is 0 Å². The molecule has 0 radical (unpaired) electrons. The van der Waals surface area contributed by atoms with Gasteiger partial charge in [0.25, 0.3) is 5.91 Å². The average Bonchev–Trinajstić information content (AvgIpc) is 2.41. The van der Waals surface area contributed by atoms with Crippen molar-refractivity contribution in [1.29, 1.82) is 0 Å². The molecule has 1 aliphatic rings. The lowest BCUT2D eigenvalue weighted by Crippen LogP contribution is -2.40. The Hall–Kier alpha value is -1.75. The Kier molecular flexibility index (Phi) is 3.95. The van der Waals surface area contributed by atoms with E-state index < -0.39 is 0 Å². The Morgan fingerprint density at radius 1 is 1.37 bits per heavy atom. The number of carbonyl (C=O) groups excluding carboxylic acids is 1. The molecule has 0 aliphatic carbocycles. The molecular weight excluding hydrogens is 242 g/mol. The topological polar surface area (TPSA) is 76.4 Å². The number of ether oxygens (including phenoxy) is 1. The van der Waals surface area contributed by atoms with Crippen LogP contribution in [0.2, 0.25) is 0 Å². The van der Waals surface area contributed by atoms with E-state index in [1.165, 1.54) is 0 Å². The van der Waals surface area contributed by atoms with Gasteiger partial charge in [0.15, 0.2) is 0 Å². The summed E-state index contributed by atoms with van der Waals surface area (Å²) >= 11 is 0. The van der Waals surface area contributed by atoms with E-state index in [0.29, 0.717) is 11.3 Å². The van der Waals surface area contributed by atoms with E-state index in [2.05, 4.69) is 17.6 Å². The number of rotatable bonds is 3. The summed E-state index contributed by atoms with van der Waals surface area (Å²) in [6.45, 7) is 3.65. The summed E-state index contributed by atoms with van der Waals surface area (Å²) in [5.41, 5.74) is 8.02. The van der Waals surface area contributed by atoms with Gasteiger partial charge in [-0.1, -0.05) is 0 Å². The van der Waals surface area contributed by atoms with Crippen LogP contribution in [0.15, 0.2) is 18.2 Å². The lowest BCUT2D eigenvalue weighted by atomic mass is 9.92. The number of carbonyl (C=O) groups is 1. The molecule has 0 bridgehead atoms. The number of amides is 1. The lowest BCUT2D eigenvalue weighted by Gasteiger charge is -2.35. The molecule has 0 saturated carbocycles. The zero-order chi connectivity index (χ0) is 13.9. The minimum atomic E-state index is -0.111. The highest BCUT2D eigenvalue weighted by Crippen LogP contribution is 2.29. The summed E-state index contributed by atoms with van der Waals surface area (Å²) in [5, 5.41) is 6.07. The molecule has 1 aromatic carbocycles. The molecule has 1 amide bonds. The van der Waals surface area contributed by atoms with Crippen molar-refractivity contribution in [3.05, 3.63) is 23.8 Å². The fourth-order valence-electron chi connectivity index (χ4n) is 2.22. The second kappa shape index (κ2) is 5.48. The van der Waals surface area contributed by atoms with Gasteiger partial charge >= 0.3 is 0 Å². The van der Waals surface area contributed by atoms with Crippen molar-refractivity contribution in [1.82, 2.24) is 5.32 Å². The molecule has 0 spiro atoms. The maximum Gasteiger partial charge on any atom is 0.251 e. The first-order valence-electron chi connectivity index (χ1n) is 6.52. The number of hydrogen-bond donors (Lipinski definition) is 3. The molecule has 1 heterocycles. The molecule has 2 rings (SSSR count). The first-order valence-corrected chi connectivity index (χ1v) is 6.52. The summed E-state index contributed by atoms with van der Waals surface area (Å²) < 4.78 is 5.38. The normalized spacial score (nSPS) is 17.8. The van der Waals surface area contributed by atoms with Gasteiger partial charge < -0.3 is 21.1 Å². The molecule has 1 saturated heterocycles. The molecule has 0 unspecified atom stereocenters. The third-order valence-corrected chi connectivity index (χ3v) is 3.58. The first-order chi connectivity index (χ1) is 9.04. The quantitative estimate of drug-likeness (QED) is 0.724. The Morgan fingerprint density at radius 2 is 2.05 bits per heavy atom. The molecule has 0 aromatic heterocycles. The average molecular weight is 263 g/mol. The molecule has 0 atom stereocenters. The van der Waals surface area contributed by atoms with Gasteiger partial charge in [-0.05, 0) is 38.0 Å². The van der Waals surface area contributed by atoms with E-state index in [0.717, 1.165) is 31.7 Å². The molecule has 5 heteroatoms. The predicted molar refractivity (Wildman–Crippen MR) is 76.3 cm³/mol. The first kappa shape index (κ1) is 13.7.